The molecule has 8 heteroatoms. The maximum absolute atomic E-state index is 11.9. The van der Waals surface area contributed by atoms with Crippen LogP contribution in [0.1, 0.15) is 17.3 Å². The van der Waals surface area contributed by atoms with Gasteiger partial charge in [0.15, 0.2) is 18.1 Å². The number of carbonyl (C=O) groups is 1. The van der Waals surface area contributed by atoms with Gasteiger partial charge in [-0.2, -0.15) is 13.2 Å². The number of hydrogen-bond acceptors (Lipinski definition) is 4. The van der Waals surface area contributed by atoms with Crippen LogP contribution in [0.2, 0.25) is 0 Å². The largest absolute Gasteiger partial charge is 0.493 e. The minimum absolute atomic E-state index is 0.0903. The van der Waals surface area contributed by atoms with Gasteiger partial charge in [-0.3, -0.25) is 9.63 Å². The Morgan fingerprint density at radius 2 is 2.00 bits per heavy atom. The van der Waals surface area contributed by atoms with Gasteiger partial charge in [0.1, 0.15) is 0 Å². The van der Waals surface area contributed by atoms with Crippen molar-refractivity contribution in [2.75, 3.05) is 20.3 Å². The Hall–Kier alpha value is -1.96. The topological polar surface area (TPSA) is 56.8 Å². The molecule has 20 heavy (non-hydrogen) atoms. The number of nitrogens with one attached hydrogen (secondary N) is 1. The summed E-state index contributed by atoms with van der Waals surface area (Å²) in [6.45, 7) is 0.633. The quantitative estimate of drug-likeness (QED) is 0.818. The van der Waals surface area contributed by atoms with Gasteiger partial charge in [-0.25, -0.2) is 5.48 Å². The Kier molecular flexibility index (Phi) is 5.63. The minimum Gasteiger partial charge on any atom is -0.493 e. The highest BCUT2D eigenvalue weighted by atomic mass is 19.4. The lowest BCUT2D eigenvalue weighted by molar-refractivity contribution is -0.184. The van der Waals surface area contributed by atoms with E-state index in [0.29, 0.717) is 18.1 Å². The molecule has 0 saturated carbocycles. The van der Waals surface area contributed by atoms with Gasteiger partial charge in [0.2, 0.25) is 0 Å². The first-order valence-corrected chi connectivity index (χ1v) is 5.67. The summed E-state index contributed by atoms with van der Waals surface area (Å²) in [6, 6.07) is 4.22. The number of carbonyl (C=O) groups excluding carboxylic acids is 1. The van der Waals surface area contributed by atoms with Crippen LogP contribution in [0, 0.1) is 0 Å². The molecule has 0 aromatic heterocycles. The lowest BCUT2D eigenvalue weighted by Gasteiger charge is -2.11. The van der Waals surface area contributed by atoms with Crippen molar-refractivity contribution in [1.82, 2.24) is 5.48 Å². The minimum atomic E-state index is -4.51. The van der Waals surface area contributed by atoms with E-state index >= 15 is 0 Å². The van der Waals surface area contributed by atoms with Crippen molar-refractivity contribution in [3.05, 3.63) is 23.8 Å². The molecule has 1 amide bonds. The van der Waals surface area contributed by atoms with Crippen LogP contribution in [-0.4, -0.2) is 32.4 Å². The van der Waals surface area contributed by atoms with Crippen LogP contribution < -0.4 is 15.0 Å². The van der Waals surface area contributed by atoms with Gasteiger partial charge in [-0.1, -0.05) is 0 Å². The van der Waals surface area contributed by atoms with Crippen molar-refractivity contribution < 1.29 is 32.3 Å². The van der Waals surface area contributed by atoms with Crippen LogP contribution in [0.25, 0.3) is 0 Å². The standard InChI is InChI=1S/C12H14F3NO4/c1-3-19-9-5-4-8(6-10(9)18-2)11(17)16-20-7-12(13,14)15/h4-6H,3,7H2,1-2H3,(H,16,17). The normalized spacial score (nSPS) is 11.1. The zero-order valence-corrected chi connectivity index (χ0v) is 10.9. The van der Waals surface area contributed by atoms with E-state index in [9.17, 15) is 18.0 Å². The average Bonchev–Trinajstić information content (AvgIpc) is 2.37. The average molecular weight is 293 g/mol. The van der Waals surface area contributed by atoms with Gasteiger partial charge in [0.25, 0.3) is 5.91 Å². The van der Waals surface area contributed by atoms with Gasteiger partial charge in [0.05, 0.1) is 13.7 Å². The van der Waals surface area contributed by atoms with E-state index in [-0.39, 0.29) is 5.56 Å². The first-order chi connectivity index (χ1) is 9.37. The van der Waals surface area contributed by atoms with Crippen LogP contribution in [0.15, 0.2) is 18.2 Å². The lowest BCUT2D eigenvalue weighted by Crippen LogP contribution is -2.29. The van der Waals surface area contributed by atoms with E-state index in [4.69, 9.17) is 9.47 Å². The molecule has 0 aliphatic heterocycles. The lowest BCUT2D eigenvalue weighted by atomic mass is 10.2. The summed E-state index contributed by atoms with van der Waals surface area (Å²) in [5.74, 6) is -0.0753. The number of rotatable bonds is 6. The zero-order chi connectivity index (χ0) is 15.2. The fraction of sp³-hybridized carbons (Fsp3) is 0.417. The molecule has 0 heterocycles. The van der Waals surface area contributed by atoms with E-state index in [1.807, 2.05) is 0 Å². The Labute approximate surface area is 113 Å². The Bertz CT molecular complexity index is 463. The molecule has 1 aromatic rings. The predicted octanol–water partition coefficient (Wildman–Crippen LogP) is 2.32. The third-order valence-corrected chi connectivity index (χ3v) is 2.13. The third kappa shape index (κ3) is 4.96. The molecule has 0 aliphatic rings. The molecule has 0 radical (unpaired) electrons. The molecule has 0 bridgehead atoms. The number of alkyl halides is 3. The fourth-order valence-corrected chi connectivity index (χ4v) is 1.33. The summed E-state index contributed by atoms with van der Waals surface area (Å²) in [6.07, 6.45) is -4.51. The Balaban J connectivity index is 2.69. The predicted molar refractivity (Wildman–Crippen MR) is 63.6 cm³/mol. The van der Waals surface area contributed by atoms with Crippen molar-refractivity contribution in [3.63, 3.8) is 0 Å². The summed E-state index contributed by atoms with van der Waals surface area (Å²) in [4.78, 5) is 15.6. The second kappa shape index (κ2) is 6.99. The van der Waals surface area contributed by atoms with Crippen LogP contribution in [-0.2, 0) is 4.84 Å². The monoisotopic (exact) mass is 293 g/mol. The number of methoxy groups -OCH3 is 1. The smallest absolute Gasteiger partial charge is 0.414 e. The number of amides is 1. The molecule has 0 fully saturated rings. The number of halogens is 3. The third-order valence-electron chi connectivity index (χ3n) is 2.13. The number of ether oxygens (including phenoxy) is 2. The highest BCUT2D eigenvalue weighted by Crippen LogP contribution is 2.28. The molecule has 0 spiro atoms. The summed E-state index contributed by atoms with van der Waals surface area (Å²) in [5, 5.41) is 0. The van der Waals surface area contributed by atoms with Gasteiger partial charge in [0, 0.05) is 5.56 Å². The summed E-state index contributed by atoms with van der Waals surface area (Å²) in [7, 11) is 1.39. The first kappa shape index (κ1) is 16.1. The number of hydroxylamine groups is 1. The van der Waals surface area contributed by atoms with Gasteiger partial charge in [-0.15, -0.1) is 0 Å². The van der Waals surface area contributed by atoms with Gasteiger partial charge >= 0.3 is 6.18 Å². The molecule has 1 rings (SSSR count). The maximum atomic E-state index is 11.9. The van der Waals surface area contributed by atoms with Gasteiger partial charge < -0.3 is 9.47 Å². The van der Waals surface area contributed by atoms with Crippen molar-refractivity contribution in [1.29, 1.82) is 0 Å². The second-order valence-corrected chi connectivity index (χ2v) is 3.63. The summed E-state index contributed by atoms with van der Waals surface area (Å²) < 4.78 is 45.8. The second-order valence-electron chi connectivity index (χ2n) is 3.63. The summed E-state index contributed by atoms with van der Waals surface area (Å²) in [5.41, 5.74) is 1.79. The molecule has 0 atom stereocenters. The van der Waals surface area contributed by atoms with Crippen LogP contribution >= 0.6 is 0 Å². The van der Waals surface area contributed by atoms with E-state index in [1.165, 1.54) is 25.3 Å². The Morgan fingerprint density at radius 3 is 2.55 bits per heavy atom. The molecular formula is C12H14F3NO4. The Morgan fingerprint density at radius 1 is 1.30 bits per heavy atom. The molecule has 0 saturated heterocycles. The highest BCUT2D eigenvalue weighted by molar-refractivity contribution is 5.94. The van der Waals surface area contributed by atoms with E-state index in [1.54, 1.807) is 12.4 Å². The van der Waals surface area contributed by atoms with Gasteiger partial charge in [-0.05, 0) is 25.1 Å². The van der Waals surface area contributed by atoms with E-state index in [2.05, 4.69) is 4.84 Å². The molecule has 0 aliphatic carbocycles. The maximum Gasteiger partial charge on any atom is 0.414 e. The van der Waals surface area contributed by atoms with Crippen molar-refractivity contribution in [2.45, 2.75) is 13.1 Å². The molecule has 1 aromatic carbocycles. The fourth-order valence-electron chi connectivity index (χ4n) is 1.33. The highest BCUT2D eigenvalue weighted by Gasteiger charge is 2.28. The molecule has 112 valence electrons. The van der Waals surface area contributed by atoms with Crippen molar-refractivity contribution >= 4 is 5.91 Å². The van der Waals surface area contributed by atoms with Crippen LogP contribution in [0.5, 0.6) is 11.5 Å². The molecular weight excluding hydrogens is 279 g/mol. The zero-order valence-electron chi connectivity index (χ0n) is 10.9. The number of hydrogen-bond donors (Lipinski definition) is 1. The number of benzene rings is 1. The van der Waals surface area contributed by atoms with Crippen LogP contribution in [0.3, 0.4) is 0 Å². The SMILES string of the molecule is CCOc1ccc(C(=O)NOCC(F)(F)F)cc1OC. The first-order valence-electron chi connectivity index (χ1n) is 5.67. The van der Waals surface area contributed by atoms with Crippen LogP contribution in [0.4, 0.5) is 13.2 Å². The molecule has 1 N–H and O–H groups in total. The van der Waals surface area contributed by atoms with Crippen molar-refractivity contribution in [2.24, 2.45) is 0 Å². The molecule has 5 nitrogen and oxygen atoms in total. The molecule has 0 unspecified atom stereocenters. The van der Waals surface area contributed by atoms with E-state index in [0.717, 1.165) is 0 Å². The summed E-state index contributed by atoms with van der Waals surface area (Å²) >= 11 is 0. The van der Waals surface area contributed by atoms with E-state index < -0.39 is 18.7 Å². The van der Waals surface area contributed by atoms with Crippen molar-refractivity contribution in [3.8, 4) is 11.5 Å².